The first-order chi connectivity index (χ1) is 13.1. The number of aromatic amines is 1. The van der Waals surface area contributed by atoms with Gasteiger partial charge in [0.2, 0.25) is 0 Å². The van der Waals surface area contributed by atoms with Gasteiger partial charge < -0.3 is 9.47 Å². The van der Waals surface area contributed by atoms with E-state index in [1.165, 1.54) is 31.4 Å². The van der Waals surface area contributed by atoms with E-state index in [9.17, 15) is 9.59 Å². The van der Waals surface area contributed by atoms with Crippen LogP contribution in [-0.4, -0.2) is 28.5 Å². The molecule has 120 valence electrons. The Balaban J connectivity index is 2.88. The number of rotatable bonds is 5. The molecule has 0 aliphatic rings. The molecule has 2 rings (SSSR count). The molecule has 1 N–H and O–H groups in total. The molecule has 7 heteroatoms. The van der Waals surface area contributed by atoms with Crippen LogP contribution in [-0.2, 0) is 17.3 Å². The van der Waals surface area contributed by atoms with Gasteiger partial charge in [0, 0.05) is 18.2 Å². The molecule has 0 spiro atoms. The van der Waals surface area contributed by atoms with Crippen LogP contribution < -0.4 is 16.1 Å². The topological polar surface area (TPSA) is 78.2 Å². The maximum absolute atomic E-state index is 12.6. The molecule has 0 amide bonds. The molecule has 1 aromatic heterocycles. The number of H-pyrrole nitrogens is 1. The SMILES string of the molecule is [2H]n1c(=O)n(C)c(=O)n1[C@@](C)([C@H](OC([2H])([2H])[2H])c1ccc(OC)cc1)C([2H])([2H])[2H]. The Hall–Kier alpha value is -2.28. The van der Waals surface area contributed by atoms with E-state index in [1.807, 2.05) is 0 Å². The Morgan fingerprint density at radius 3 is 2.50 bits per heavy atom. The van der Waals surface area contributed by atoms with Crippen molar-refractivity contribution >= 4 is 0 Å². The number of ether oxygens (including phenoxy) is 2. The maximum atomic E-state index is 12.6. The molecule has 0 fully saturated rings. The summed E-state index contributed by atoms with van der Waals surface area (Å²) in [6.07, 6.45) is -1.75. The van der Waals surface area contributed by atoms with Crippen molar-refractivity contribution in [2.75, 3.05) is 14.1 Å². The summed E-state index contributed by atoms with van der Waals surface area (Å²) in [7, 11) is -0.540. The summed E-state index contributed by atoms with van der Waals surface area (Å²) in [5.74, 6) is 0.422. The van der Waals surface area contributed by atoms with Gasteiger partial charge in [0.1, 0.15) is 11.9 Å². The predicted molar refractivity (Wildman–Crippen MR) is 82.4 cm³/mol. The molecule has 0 unspecified atom stereocenters. The van der Waals surface area contributed by atoms with Gasteiger partial charge in [-0.05, 0) is 31.5 Å². The Morgan fingerprint density at radius 2 is 2.05 bits per heavy atom. The molecule has 22 heavy (non-hydrogen) atoms. The van der Waals surface area contributed by atoms with E-state index < -0.39 is 36.9 Å². The highest BCUT2D eigenvalue weighted by molar-refractivity contribution is 5.29. The molecule has 0 saturated heterocycles. The number of nitrogens with one attached hydrogen (secondary N) is 1. The minimum absolute atomic E-state index is 0.0914. The zero-order chi connectivity index (χ0) is 22.4. The summed E-state index contributed by atoms with van der Waals surface area (Å²) in [6.45, 7) is -2.00. The molecule has 1 aromatic carbocycles. The van der Waals surface area contributed by atoms with Gasteiger partial charge in [0.05, 0.1) is 16.8 Å². The van der Waals surface area contributed by atoms with Crippen LogP contribution in [0.2, 0.25) is 1.41 Å². The third-order valence-electron chi connectivity index (χ3n) is 3.43. The average Bonchev–Trinajstić information content (AvgIpc) is 2.81. The van der Waals surface area contributed by atoms with E-state index in [0.717, 1.165) is 14.0 Å². The quantitative estimate of drug-likeness (QED) is 0.893. The lowest BCUT2D eigenvalue weighted by Crippen LogP contribution is -2.42. The summed E-state index contributed by atoms with van der Waals surface area (Å²) in [4.78, 5) is 24.7. The monoisotopic (exact) mass is 314 g/mol. The lowest BCUT2D eigenvalue weighted by molar-refractivity contribution is 0.00352. The fourth-order valence-electron chi connectivity index (χ4n) is 2.12. The molecule has 0 radical (unpaired) electrons. The molecule has 0 bridgehead atoms. The molecule has 0 aliphatic heterocycles. The Labute approximate surface area is 138 Å². The van der Waals surface area contributed by atoms with Crippen LogP contribution in [0.15, 0.2) is 33.9 Å². The minimum atomic E-state index is -3.05. The van der Waals surface area contributed by atoms with Crippen molar-refractivity contribution in [3.05, 3.63) is 50.8 Å². The summed E-state index contributed by atoms with van der Waals surface area (Å²) < 4.78 is 65.6. The second-order valence-electron chi connectivity index (χ2n) is 4.95. The average molecular weight is 314 g/mol. The fraction of sp³-hybridized carbons (Fsp3) is 0.467. The maximum Gasteiger partial charge on any atom is 0.347 e. The smallest absolute Gasteiger partial charge is 0.347 e. The van der Waals surface area contributed by atoms with Gasteiger partial charge in [-0.3, -0.25) is 0 Å². The van der Waals surface area contributed by atoms with Gasteiger partial charge in [-0.25, -0.2) is 23.9 Å². The number of aromatic nitrogens is 3. The Morgan fingerprint density at radius 1 is 1.36 bits per heavy atom. The molecule has 0 saturated carbocycles. The van der Waals surface area contributed by atoms with Crippen molar-refractivity contribution in [1.82, 2.24) is 14.3 Å². The highest BCUT2D eigenvalue weighted by Gasteiger charge is 2.35. The van der Waals surface area contributed by atoms with Crippen molar-refractivity contribution in [2.24, 2.45) is 7.05 Å². The van der Waals surface area contributed by atoms with Crippen LogP contribution in [0.3, 0.4) is 0 Å². The van der Waals surface area contributed by atoms with Crippen LogP contribution in [0.4, 0.5) is 0 Å². The minimum Gasteiger partial charge on any atom is -0.497 e. The Bertz CT molecular complexity index is 988. The van der Waals surface area contributed by atoms with E-state index in [1.54, 1.807) is 0 Å². The van der Waals surface area contributed by atoms with Gasteiger partial charge in [0.25, 0.3) is 0 Å². The summed E-state index contributed by atoms with van der Waals surface area (Å²) >= 11 is 0. The zero-order valence-corrected chi connectivity index (χ0v) is 12.4. The van der Waals surface area contributed by atoms with Crippen molar-refractivity contribution in [1.29, 1.82) is 0 Å². The second kappa shape index (κ2) is 5.84. The predicted octanol–water partition coefficient (Wildman–Crippen LogP) is 1.01. The number of hydrogen-bond donors (Lipinski definition) is 1. The van der Waals surface area contributed by atoms with Gasteiger partial charge in [-0.2, -0.15) is 0 Å². The number of hydrogen-bond acceptors (Lipinski definition) is 4. The molecular formula is C15H21N3O4. The van der Waals surface area contributed by atoms with Crippen LogP contribution in [0, 0.1) is 0 Å². The molecular weight excluding hydrogens is 286 g/mol. The lowest BCUT2D eigenvalue weighted by Gasteiger charge is -2.33. The van der Waals surface area contributed by atoms with Gasteiger partial charge in [0.15, 0.2) is 1.41 Å². The molecule has 1 heterocycles. The number of benzene rings is 1. The normalized spacial score (nSPS) is 21.1. The standard InChI is InChI=1S/C15H21N3O4/c1-15(2,18-14(20)17(3)13(19)16-18)12(22-5)10-6-8-11(21-4)9-7-10/h6-9,12H,1-5H3,(H,16,19)/t12-/m1/s1/i1D3,5D3/hD/t12-,15+. The van der Waals surface area contributed by atoms with Gasteiger partial charge in [-0.15, -0.1) is 0 Å². The van der Waals surface area contributed by atoms with Crippen molar-refractivity contribution in [3.63, 3.8) is 0 Å². The van der Waals surface area contributed by atoms with Crippen molar-refractivity contribution < 1.29 is 19.1 Å². The largest absolute Gasteiger partial charge is 0.497 e. The number of methoxy groups -OCH3 is 2. The first kappa shape index (κ1) is 8.99. The van der Waals surface area contributed by atoms with Crippen molar-refractivity contribution in [3.8, 4) is 5.75 Å². The van der Waals surface area contributed by atoms with Crippen LogP contribution in [0.1, 0.15) is 33.7 Å². The van der Waals surface area contributed by atoms with E-state index in [0.29, 0.717) is 15.0 Å². The first-order valence-corrected chi connectivity index (χ1v) is 6.37. The lowest BCUT2D eigenvalue weighted by atomic mass is 9.91. The van der Waals surface area contributed by atoms with E-state index >= 15 is 0 Å². The highest BCUT2D eigenvalue weighted by atomic mass is 16.5. The van der Waals surface area contributed by atoms with E-state index in [-0.39, 0.29) is 10.7 Å². The van der Waals surface area contributed by atoms with Crippen LogP contribution >= 0.6 is 0 Å². The number of nitrogens with zero attached hydrogens (tertiary/aromatic N) is 2. The van der Waals surface area contributed by atoms with Gasteiger partial charge in [-0.1, -0.05) is 12.1 Å². The highest BCUT2D eigenvalue weighted by Crippen LogP contribution is 2.34. The Kier molecular flexibility index (Phi) is 2.39. The van der Waals surface area contributed by atoms with Crippen molar-refractivity contribution in [2.45, 2.75) is 25.4 Å². The van der Waals surface area contributed by atoms with E-state index in [4.69, 9.17) is 19.1 Å². The second-order valence-corrected chi connectivity index (χ2v) is 4.95. The fourth-order valence-corrected chi connectivity index (χ4v) is 2.12. The van der Waals surface area contributed by atoms with Crippen LogP contribution in [0.5, 0.6) is 5.75 Å². The third kappa shape index (κ3) is 2.59. The summed E-state index contributed by atoms with van der Waals surface area (Å²) in [5.41, 5.74) is -4.51. The van der Waals surface area contributed by atoms with Crippen LogP contribution in [0.25, 0.3) is 0 Å². The zero-order valence-electron chi connectivity index (χ0n) is 19.4. The molecule has 7 nitrogen and oxygen atoms in total. The summed E-state index contributed by atoms with van der Waals surface area (Å²) in [6, 6.07) is 5.71. The summed E-state index contributed by atoms with van der Waals surface area (Å²) in [5, 5.41) is 0.0914. The molecule has 2 atom stereocenters. The molecule has 2 aromatic rings. The van der Waals surface area contributed by atoms with E-state index in [2.05, 4.69) is 0 Å². The third-order valence-corrected chi connectivity index (χ3v) is 3.43. The van der Waals surface area contributed by atoms with Gasteiger partial charge >= 0.3 is 11.4 Å². The molecule has 0 aliphatic carbocycles. The first-order valence-electron chi connectivity index (χ1n) is 9.82.